The Morgan fingerprint density at radius 3 is 2.56 bits per heavy atom. The topological polar surface area (TPSA) is 29.5 Å². The summed E-state index contributed by atoms with van der Waals surface area (Å²) in [5.74, 6) is 0.434. The van der Waals surface area contributed by atoms with Crippen molar-refractivity contribution in [2.75, 3.05) is 0 Å². The van der Waals surface area contributed by atoms with Crippen LogP contribution in [0.1, 0.15) is 18.6 Å². The van der Waals surface area contributed by atoms with Gasteiger partial charge in [-0.2, -0.15) is 0 Å². The van der Waals surface area contributed by atoms with Gasteiger partial charge in [0.15, 0.2) is 0 Å². The van der Waals surface area contributed by atoms with Crippen LogP contribution in [0.25, 0.3) is 0 Å². The lowest BCUT2D eigenvalue weighted by Crippen LogP contribution is -1.96. The fourth-order valence-electron chi connectivity index (χ4n) is 1.60. The summed E-state index contributed by atoms with van der Waals surface area (Å²) < 4.78 is 18.5. The predicted molar refractivity (Wildman–Crippen MR) is 68.6 cm³/mol. The second kappa shape index (κ2) is 5.38. The molecule has 0 bridgehead atoms. The fraction of sp³-hybridized carbons (Fsp3) is 0.143. The summed E-state index contributed by atoms with van der Waals surface area (Å²) in [7, 11) is 0. The molecule has 0 radical (unpaired) electrons. The molecule has 0 aliphatic rings. The predicted octanol–water partition coefficient (Wildman–Crippen LogP) is 4.32. The molecule has 0 aliphatic heterocycles. The van der Waals surface area contributed by atoms with E-state index in [-0.39, 0.29) is 5.02 Å². The van der Waals surface area contributed by atoms with Crippen molar-refractivity contribution in [3.8, 4) is 11.5 Å². The Kier molecular flexibility index (Phi) is 3.84. The zero-order valence-corrected chi connectivity index (χ0v) is 10.5. The third-order valence-electron chi connectivity index (χ3n) is 2.48. The van der Waals surface area contributed by atoms with Gasteiger partial charge < -0.3 is 9.84 Å². The van der Waals surface area contributed by atoms with Crippen LogP contribution in [0.15, 0.2) is 42.5 Å². The van der Waals surface area contributed by atoms with Crippen LogP contribution < -0.4 is 4.74 Å². The molecule has 0 saturated heterocycles. The Bertz CT molecular complexity index is 555. The maximum Gasteiger partial charge on any atom is 0.146 e. The van der Waals surface area contributed by atoms with Gasteiger partial charge >= 0.3 is 0 Å². The number of rotatable bonds is 3. The number of ether oxygens (including phenoxy) is 1. The third-order valence-corrected chi connectivity index (χ3v) is 2.78. The monoisotopic (exact) mass is 266 g/mol. The van der Waals surface area contributed by atoms with Crippen molar-refractivity contribution in [2.45, 2.75) is 13.0 Å². The Balaban J connectivity index is 2.34. The quantitative estimate of drug-likeness (QED) is 0.896. The first-order valence-corrected chi connectivity index (χ1v) is 5.85. The number of aliphatic hydroxyl groups excluding tert-OH is 1. The minimum absolute atomic E-state index is 0.190. The lowest BCUT2D eigenvalue weighted by Gasteiger charge is -2.13. The summed E-state index contributed by atoms with van der Waals surface area (Å²) >= 11 is 5.88. The molecule has 0 unspecified atom stereocenters. The lowest BCUT2D eigenvalue weighted by molar-refractivity contribution is 0.195. The molecular weight excluding hydrogens is 255 g/mol. The van der Waals surface area contributed by atoms with Gasteiger partial charge in [0.1, 0.15) is 17.3 Å². The number of para-hydroxylation sites is 1. The van der Waals surface area contributed by atoms with Gasteiger partial charge in [-0.25, -0.2) is 4.39 Å². The number of benzene rings is 2. The minimum atomic E-state index is -0.652. The molecule has 2 nitrogen and oxygen atoms in total. The highest BCUT2D eigenvalue weighted by molar-refractivity contribution is 6.32. The van der Waals surface area contributed by atoms with Gasteiger partial charge in [0, 0.05) is 5.56 Å². The molecule has 4 heteroatoms. The number of halogens is 2. The van der Waals surface area contributed by atoms with Crippen LogP contribution in [0.3, 0.4) is 0 Å². The Morgan fingerprint density at radius 1 is 1.17 bits per heavy atom. The molecule has 0 saturated carbocycles. The zero-order valence-electron chi connectivity index (χ0n) is 9.73. The number of hydrogen-bond donors (Lipinski definition) is 1. The third kappa shape index (κ3) is 2.81. The maximum atomic E-state index is 12.9. The molecular formula is C14H12ClFO2. The van der Waals surface area contributed by atoms with Crippen molar-refractivity contribution < 1.29 is 14.2 Å². The first-order valence-electron chi connectivity index (χ1n) is 5.48. The molecule has 0 aromatic heterocycles. The molecule has 2 aromatic carbocycles. The standard InChI is InChI=1S/C14H12ClFO2/c1-9(17)11-4-2-3-5-13(11)18-14-7-6-10(16)8-12(14)15/h2-9,17H,1H3/t9-/m0/s1. The van der Waals surface area contributed by atoms with Crippen LogP contribution >= 0.6 is 11.6 Å². The van der Waals surface area contributed by atoms with Crippen molar-refractivity contribution >= 4 is 11.6 Å². The van der Waals surface area contributed by atoms with Gasteiger partial charge in [-0.15, -0.1) is 0 Å². The molecule has 0 amide bonds. The second-order valence-electron chi connectivity index (χ2n) is 3.89. The van der Waals surface area contributed by atoms with E-state index in [9.17, 15) is 9.50 Å². The Morgan fingerprint density at radius 2 is 1.89 bits per heavy atom. The largest absolute Gasteiger partial charge is 0.455 e. The molecule has 18 heavy (non-hydrogen) atoms. The van der Waals surface area contributed by atoms with Crippen LogP contribution in [0.5, 0.6) is 11.5 Å². The maximum absolute atomic E-state index is 12.9. The first-order chi connectivity index (χ1) is 8.58. The van der Waals surface area contributed by atoms with Gasteiger partial charge in [0.25, 0.3) is 0 Å². The molecule has 1 N–H and O–H groups in total. The molecule has 94 valence electrons. The average molecular weight is 267 g/mol. The first kappa shape index (κ1) is 12.9. The molecule has 2 aromatic rings. The summed E-state index contributed by atoms with van der Waals surface area (Å²) in [6.07, 6.45) is -0.652. The molecule has 2 rings (SSSR count). The second-order valence-corrected chi connectivity index (χ2v) is 4.30. The van der Waals surface area contributed by atoms with E-state index in [0.29, 0.717) is 17.1 Å². The van der Waals surface area contributed by atoms with Crippen LogP contribution in [0.2, 0.25) is 5.02 Å². The molecule has 1 atom stereocenters. The summed E-state index contributed by atoms with van der Waals surface area (Å²) in [6.45, 7) is 1.65. The average Bonchev–Trinajstić information content (AvgIpc) is 2.33. The van der Waals surface area contributed by atoms with E-state index in [1.807, 2.05) is 0 Å². The van der Waals surface area contributed by atoms with Crippen molar-refractivity contribution in [3.63, 3.8) is 0 Å². The number of aliphatic hydroxyl groups is 1. The van der Waals surface area contributed by atoms with Gasteiger partial charge in [0.2, 0.25) is 0 Å². The molecule has 0 spiro atoms. The van der Waals surface area contributed by atoms with Gasteiger partial charge in [0.05, 0.1) is 11.1 Å². The van der Waals surface area contributed by atoms with E-state index >= 15 is 0 Å². The van der Waals surface area contributed by atoms with Gasteiger partial charge in [-0.05, 0) is 31.2 Å². The highest BCUT2D eigenvalue weighted by Crippen LogP contribution is 2.33. The Hall–Kier alpha value is -1.58. The SMILES string of the molecule is C[C@H](O)c1ccccc1Oc1ccc(F)cc1Cl. The highest BCUT2D eigenvalue weighted by Gasteiger charge is 2.11. The van der Waals surface area contributed by atoms with E-state index in [1.54, 1.807) is 31.2 Å². The molecule has 0 heterocycles. The Labute approximate surface area is 110 Å². The lowest BCUT2D eigenvalue weighted by atomic mass is 10.1. The highest BCUT2D eigenvalue weighted by atomic mass is 35.5. The van der Waals surface area contributed by atoms with E-state index in [0.717, 1.165) is 0 Å². The summed E-state index contributed by atoms with van der Waals surface area (Å²) in [5, 5.41) is 9.81. The van der Waals surface area contributed by atoms with Crippen molar-refractivity contribution in [3.05, 3.63) is 58.9 Å². The van der Waals surface area contributed by atoms with Gasteiger partial charge in [-0.1, -0.05) is 29.8 Å². The van der Waals surface area contributed by atoms with E-state index in [4.69, 9.17) is 16.3 Å². The fourth-order valence-corrected chi connectivity index (χ4v) is 1.80. The smallest absolute Gasteiger partial charge is 0.146 e. The number of hydrogen-bond acceptors (Lipinski definition) is 2. The molecule has 0 fully saturated rings. The summed E-state index contributed by atoms with van der Waals surface area (Å²) in [6, 6.07) is 11.0. The van der Waals surface area contributed by atoms with E-state index in [2.05, 4.69) is 0 Å². The summed E-state index contributed by atoms with van der Waals surface area (Å²) in [4.78, 5) is 0. The van der Waals surface area contributed by atoms with Crippen molar-refractivity contribution in [2.24, 2.45) is 0 Å². The van der Waals surface area contributed by atoms with Crippen LogP contribution in [-0.2, 0) is 0 Å². The van der Waals surface area contributed by atoms with E-state index in [1.165, 1.54) is 18.2 Å². The van der Waals surface area contributed by atoms with Gasteiger partial charge in [-0.3, -0.25) is 0 Å². The van der Waals surface area contributed by atoms with Crippen LogP contribution in [0.4, 0.5) is 4.39 Å². The van der Waals surface area contributed by atoms with Crippen molar-refractivity contribution in [1.29, 1.82) is 0 Å². The van der Waals surface area contributed by atoms with Crippen LogP contribution in [-0.4, -0.2) is 5.11 Å². The van der Waals surface area contributed by atoms with Crippen LogP contribution in [0, 0.1) is 5.82 Å². The van der Waals surface area contributed by atoms with E-state index < -0.39 is 11.9 Å². The van der Waals surface area contributed by atoms with Crippen molar-refractivity contribution in [1.82, 2.24) is 0 Å². The minimum Gasteiger partial charge on any atom is -0.455 e. The molecule has 0 aliphatic carbocycles. The normalized spacial score (nSPS) is 12.2. The zero-order chi connectivity index (χ0) is 13.1. The summed E-state index contributed by atoms with van der Waals surface area (Å²) in [5.41, 5.74) is 0.651.